The predicted molar refractivity (Wildman–Crippen MR) is 182 cm³/mol. The summed E-state index contributed by atoms with van der Waals surface area (Å²) in [6.07, 6.45) is -7.21. The summed E-state index contributed by atoms with van der Waals surface area (Å²) in [5.41, 5.74) is 0.543. The van der Waals surface area contributed by atoms with E-state index in [-0.39, 0.29) is 22.4 Å². The number of carbonyl (C=O) groups is 3. The van der Waals surface area contributed by atoms with Crippen molar-refractivity contribution >= 4 is 70.4 Å². The smallest absolute Gasteiger partial charge is 0.338 e. The molecule has 1 saturated heterocycles. The third kappa shape index (κ3) is 9.30. The van der Waals surface area contributed by atoms with E-state index in [0.717, 1.165) is 4.90 Å². The number of carbonyl (C=O) groups excluding carboxylic acids is 3. The van der Waals surface area contributed by atoms with E-state index in [1.54, 1.807) is 66.7 Å². The molecule has 1 N–H and O–H groups in total. The lowest BCUT2D eigenvalue weighted by Crippen LogP contribution is -2.63. The number of esters is 3. The van der Waals surface area contributed by atoms with Gasteiger partial charge in [0.2, 0.25) is 18.3 Å². The van der Waals surface area contributed by atoms with Gasteiger partial charge >= 0.3 is 17.9 Å². The highest BCUT2D eigenvalue weighted by molar-refractivity contribution is 7.99. The Morgan fingerprint density at radius 1 is 0.604 bits per heavy atom. The average Bonchev–Trinajstić information content (AvgIpc) is 3.10. The summed E-state index contributed by atoms with van der Waals surface area (Å²) in [5.74, 6) is -3.11. The lowest BCUT2D eigenvalue weighted by Gasteiger charge is -2.44. The van der Waals surface area contributed by atoms with E-state index in [4.69, 9.17) is 63.9 Å². The van der Waals surface area contributed by atoms with Crippen LogP contribution < -0.4 is 0 Å². The number of hydrogen-bond donors (Lipinski definition) is 1. The number of alkyl halides is 3. The lowest BCUT2D eigenvalue weighted by atomic mass is 9.98. The van der Waals surface area contributed by atoms with Crippen LogP contribution in [0, 0.1) is 5.41 Å². The summed E-state index contributed by atoms with van der Waals surface area (Å²) in [6, 6.07) is 33.6. The Labute approximate surface area is 295 Å². The zero-order chi connectivity index (χ0) is 34.1. The molecule has 1 heterocycles. The highest BCUT2D eigenvalue weighted by Gasteiger charge is 2.54. The van der Waals surface area contributed by atoms with Crippen molar-refractivity contribution in [3.8, 4) is 0 Å². The maximum Gasteiger partial charge on any atom is 0.338 e. The van der Waals surface area contributed by atoms with E-state index in [2.05, 4.69) is 0 Å². The van der Waals surface area contributed by atoms with Crippen LogP contribution in [0.1, 0.15) is 31.1 Å². The Bertz CT molecular complexity index is 1690. The average molecular weight is 729 g/mol. The molecule has 0 unspecified atom stereocenters. The Morgan fingerprint density at radius 3 is 1.44 bits per heavy atom. The van der Waals surface area contributed by atoms with Gasteiger partial charge in [-0.1, -0.05) is 108 Å². The number of ether oxygens (including phenoxy) is 5. The van der Waals surface area contributed by atoms with E-state index in [0.29, 0.717) is 0 Å². The molecule has 48 heavy (non-hydrogen) atoms. The molecule has 1 fully saturated rings. The van der Waals surface area contributed by atoms with Gasteiger partial charge in [0.25, 0.3) is 3.79 Å². The summed E-state index contributed by atoms with van der Waals surface area (Å²) in [6.45, 7) is 0. The van der Waals surface area contributed by atoms with E-state index in [9.17, 15) is 14.4 Å². The van der Waals surface area contributed by atoms with Crippen molar-refractivity contribution in [1.29, 1.82) is 5.41 Å². The molecule has 0 spiro atoms. The first-order valence-corrected chi connectivity index (χ1v) is 16.7. The standard InChI is InChI=1S/C35H28Cl3NO8S/c36-35(37,38)34(39)47-33-29(46-32(42)24-17-9-3-10-18-24)28(45-31(41)23-15-7-2-8-16-23)27(44-30(40)22-13-5-1-6-14-22)26(43-33)21-48-25-19-11-4-12-20-25/h1-20,26-29,33,39H,21H2/t26-,27+,28+,29-,33-/m1/s1. The van der Waals surface area contributed by atoms with Gasteiger partial charge in [-0.2, -0.15) is 0 Å². The molecule has 4 aromatic rings. The fourth-order valence-electron chi connectivity index (χ4n) is 4.68. The van der Waals surface area contributed by atoms with E-state index in [1.165, 1.54) is 36.0 Å². The van der Waals surface area contributed by atoms with Crippen molar-refractivity contribution in [2.75, 3.05) is 5.75 Å². The van der Waals surface area contributed by atoms with Gasteiger partial charge in [0.1, 0.15) is 6.10 Å². The van der Waals surface area contributed by atoms with Crippen LogP contribution in [-0.4, -0.2) is 64.1 Å². The van der Waals surface area contributed by atoms with Crippen LogP contribution in [-0.2, 0) is 23.7 Å². The fraction of sp³-hybridized carbons (Fsp3) is 0.200. The molecule has 1 aliphatic rings. The number of hydrogen-bond acceptors (Lipinski definition) is 10. The fourth-order valence-corrected chi connectivity index (χ4v) is 5.79. The van der Waals surface area contributed by atoms with Gasteiger partial charge in [-0.15, -0.1) is 11.8 Å². The first kappa shape index (κ1) is 35.3. The highest BCUT2D eigenvalue weighted by atomic mass is 35.6. The summed E-state index contributed by atoms with van der Waals surface area (Å²) in [5, 5.41) is 8.30. The number of thioether (sulfide) groups is 1. The molecule has 5 rings (SSSR count). The van der Waals surface area contributed by atoms with Crippen molar-refractivity contribution < 1.29 is 38.1 Å². The molecule has 9 nitrogen and oxygen atoms in total. The van der Waals surface area contributed by atoms with Gasteiger partial charge in [-0.25, -0.2) is 14.4 Å². The zero-order valence-corrected chi connectivity index (χ0v) is 28.0. The minimum Gasteiger partial charge on any atom is -0.452 e. The third-order valence-corrected chi connectivity index (χ3v) is 8.61. The minimum atomic E-state index is -2.32. The van der Waals surface area contributed by atoms with E-state index in [1.807, 2.05) is 30.3 Å². The molecular weight excluding hydrogens is 701 g/mol. The first-order valence-electron chi connectivity index (χ1n) is 14.5. The van der Waals surface area contributed by atoms with Gasteiger partial charge in [0.15, 0.2) is 12.2 Å². The Hall–Kier alpha value is -4.06. The second kappa shape index (κ2) is 16.4. The largest absolute Gasteiger partial charge is 0.452 e. The van der Waals surface area contributed by atoms with Crippen LogP contribution >= 0.6 is 46.6 Å². The van der Waals surface area contributed by atoms with Crippen LogP contribution in [0.4, 0.5) is 0 Å². The molecule has 248 valence electrons. The van der Waals surface area contributed by atoms with Gasteiger partial charge in [0, 0.05) is 10.6 Å². The maximum atomic E-state index is 13.6. The molecule has 0 bridgehead atoms. The number of nitrogens with one attached hydrogen (secondary N) is 1. The van der Waals surface area contributed by atoms with Gasteiger partial charge in [-0.05, 0) is 48.5 Å². The highest BCUT2D eigenvalue weighted by Crippen LogP contribution is 2.36. The first-order chi connectivity index (χ1) is 23.1. The van der Waals surface area contributed by atoms with Crippen LogP contribution in [0.25, 0.3) is 0 Å². The molecule has 0 aromatic heterocycles. The van der Waals surface area contributed by atoms with Crippen LogP contribution in [0.2, 0.25) is 0 Å². The SMILES string of the molecule is N=C(O[C@H]1O[C@H](CSc2ccccc2)[C@H](OC(=O)c2ccccc2)[C@H](OC(=O)c2ccccc2)[C@H]1OC(=O)c1ccccc1)C(Cl)(Cl)Cl. The number of halogens is 3. The molecule has 0 saturated carbocycles. The second-order valence-corrected chi connectivity index (χ2v) is 13.7. The predicted octanol–water partition coefficient (Wildman–Crippen LogP) is 7.54. The summed E-state index contributed by atoms with van der Waals surface area (Å²) < 4.78 is 27.6. The minimum absolute atomic E-state index is 0.135. The molecule has 4 aromatic carbocycles. The molecule has 5 atom stereocenters. The second-order valence-electron chi connectivity index (χ2n) is 10.3. The van der Waals surface area contributed by atoms with Crippen molar-refractivity contribution in [1.82, 2.24) is 0 Å². The topological polar surface area (TPSA) is 121 Å². The van der Waals surface area contributed by atoms with Crippen LogP contribution in [0.3, 0.4) is 0 Å². The third-order valence-electron chi connectivity index (χ3n) is 7.00. The van der Waals surface area contributed by atoms with Crippen molar-refractivity contribution in [3.05, 3.63) is 138 Å². The normalized spacial score (nSPS) is 20.6. The van der Waals surface area contributed by atoms with Crippen molar-refractivity contribution in [2.24, 2.45) is 0 Å². The Morgan fingerprint density at radius 2 is 1.00 bits per heavy atom. The summed E-state index contributed by atoms with van der Waals surface area (Å²) in [7, 11) is 0. The quantitative estimate of drug-likeness (QED) is 0.0441. The molecule has 0 radical (unpaired) electrons. The van der Waals surface area contributed by atoms with Crippen LogP contribution in [0.15, 0.2) is 126 Å². The Balaban J connectivity index is 1.58. The summed E-state index contributed by atoms with van der Waals surface area (Å²) >= 11 is 19.2. The molecule has 13 heteroatoms. The van der Waals surface area contributed by atoms with Crippen molar-refractivity contribution in [3.63, 3.8) is 0 Å². The monoisotopic (exact) mass is 727 g/mol. The summed E-state index contributed by atoms with van der Waals surface area (Å²) in [4.78, 5) is 41.4. The lowest BCUT2D eigenvalue weighted by molar-refractivity contribution is -0.269. The van der Waals surface area contributed by atoms with Gasteiger partial charge in [0.05, 0.1) is 16.7 Å². The molecule has 0 amide bonds. The van der Waals surface area contributed by atoms with Crippen LogP contribution in [0.5, 0.6) is 0 Å². The molecule has 0 aliphatic carbocycles. The molecular formula is C35H28Cl3NO8S. The molecule has 1 aliphatic heterocycles. The Kier molecular flexibility index (Phi) is 12.0. The van der Waals surface area contributed by atoms with Gasteiger partial charge in [-0.3, -0.25) is 5.41 Å². The number of benzene rings is 4. The van der Waals surface area contributed by atoms with Crippen molar-refractivity contribution in [2.45, 2.75) is 39.4 Å². The van der Waals surface area contributed by atoms with Gasteiger partial charge < -0.3 is 23.7 Å². The van der Waals surface area contributed by atoms with E-state index >= 15 is 0 Å². The zero-order valence-electron chi connectivity index (χ0n) is 24.9. The number of rotatable bonds is 10. The van der Waals surface area contributed by atoms with E-state index < -0.39 is 58.3 Å². The maximum absolute atomic E-state index is 13.6.